The largest absolute Gasteiger partial charge is 0.359 e. The van der Waals surface area contributed by atoms with Gasteiger partial charge in [-0.1, -0.05) is 12.1 Å². The molecule has 0 radical (unpaired) electrons. The standard InChI is InChI=1S/C14H21ClN2O3S/c1-14(2,13(18)16-3)10-17-21(19,20)12-6-4-11(5-7-12)8-9-15/h4-7,17H,8-10H2,1-3H3,(H,16,18). The summed E-state index contributed by atoms with van der Waals surface area (Å²) in [7, 11) is -2.11. The van der Waals surface area contributed by atoms with E-state index < -0.39 is 15.4 Å². The highest BCUT2D eigenvalue weighted by Crippen LogP contribution is 2.16. The molecular weight excluding hydrogens is 312 g/mol. The topological polar surface area (TPSA) is 75.3 Å². The smallest absolute Gasteiger partial charge is 0.240 e. The average Bonchev–Trinajstić information content (AvgIpc) is 2.45. The first-order chi connectivity index (χ1) is 9.73. The van der Waals surface area contributed by atoms with Crippen LogP contribution in [0.5, 0.6) is 0 Å². The van der Waals surface area contributed by atoms with Gasteiger partial charge in [0.2, 0.25) is 15.9 Å². The second kappa shape index (κ2) is 7.24. The molecule has 7 heteroatoms. The Labute approximate surface area is 131 Å². The van der Waals surface area contributed by atoms with Crippen molar-refractivity contribution < 1.29 is 13.2 Å². The first kappa shape index (κ1) is 17.9. The van der Waals surface area contributed by atoms with Gasteiger partial charge in [0, 0.05) is 19.5 Å². The van der Waals surface area contributed by atoms with Crippen LogP contribution in [-0.2, 0) is 21.2 Å². The van der Waals surface area contributed by atoms with Crippen molar-refractivity contribution in [2.45, 2.75) is 25.2 Å². The molecule has 0 saturated heterocycles. The zero-order chi connectivity index (χ0) is 16.1. The third-order valence-corrected chi connectivity index (χ3v) is 4.77. The van der Waals surface area contributed by atoms with Crippen molar-refractivity contribution in [1.82, 2.24) is 10.0 Å². The zero-order valence-corrected chi connectivity index (χ0v) is 14.0. The zero-order valence-electron chi connectivity index (χ0n) is 12.4. The number of sulfonamides is 1. The molecule has 1 amide bonds. The fraction of sp³-hybridized carbons (Fsp3) is 0.500. The molecule has 1 aromatic rings. The van der Waals surface area contributed by atoms with E-state index in [0.717, 1.165) is 5.56 Å². The minimum absolute atomic E-state index is 0.0262. The lowest BCUT2D eigenvalue weighted by atomic mass is 9.93. The van der Waals surface area contributed by atoms with Crippen molar-refractivity contribution in [1.29, 1.82) is 0 Å². The number of alkyl halides is 1. The van der Waals surface area contributed by atoms with Gasteiger partial charge in [-0.2, -0.15) is 0 Å². The van der Waals surface area contributed by atoms with Crippen molar-refractivity contribution >= 4 is 27.5 Å². The number of halogens is 1. The van der Waals surface area contributed by atoms with Gasteiger partial charge < -0.3 is 5.32 Å². The Balaban J connectivity index is 2.80. The normalized spacial score (nSPS) is 12.2. The first-order valence-electron chi connectivity index (χ1n) is 6.59. The van der Waals surface area contributed by atoms with Gasteiger partial charge in [0.15, 0.2) is 0 Å². The Morgan fingerprint density at radius 2 is 1.81 bits per heavy atom. The number of nitrogens with one attached hydrogen (secondary N) is 2. The van der Waals surface area contributed by atoms with Gasteiger partial charge in [-0.25, -0.2) is 13.1 Å². The second-order valence-corrected chi connectivity index (χ2v) is 7.52. The van der Waals surface area contributed by atoms with Crippen LogP contribution in [0.15, 0.2) is 29.2 Å². The molecule has 0 aromatic heterocycles. The van der Waals surface area contributed by atoms with Crippen LogP contribution in [0.1, 0.15) is 19.4 Å². The Bertz CT molecular complexity index is 583. The number of aryl methyl sites for hydroxylation is 1. The van der Waals surface area contributed by atoms with E-state index in [1.807, 2.05) is 0 Å². The van der Waals surface area contributed by atoms with E-state index in [1.165, 1.54) is 19.2 Å². The molecule has 0 aliphatic rings. The van der Waals surface area contributed by atoms with Crippen LogP contribution in [0, 0.1) is 5.41 Å². The molecule has 0 aliphatic heterocycles. The third-order valence-electron chi connectivity index (χ3n) is 3.16. The first-order valence-corrected chi connectivity index (χ1v) is 8.61. The summed E-state index contributed by atoms with van der Waals surface area (Å²) in [6.07, 6.45) is 0.693. The summed E-state index contributed by atoms with van der Waals surface area (Å²) < 4.78 is 26.8. The van der Waals surface area contributed by atoms with Gasteiger partial charge >= 0.3 is 0 Å². The highest BCUT2D eigenvalue weighted by atomic mass is 35.5. The van der Waals surface area contributed by atoms with Crippen LogP contribution in [0.25, 0.3) is 0 Å². The van der Waals surface area contributed by atoms with Crippen LogP contribution < -0.4 is 10.0 Å². The van der Waals surface area contributed by atoms with Crippen molar-refractivity contribution in [2.24, 2.45) is 5.41 Å². The fourth-order valence-electron chi connectivity index (χ4n) is 1.72. The molecule has 2 N–H and O–H groups in total. The predicted molar refractivity (Wildman–Crippen MR) is 83.9 cm³/mol. The summed E-state index contributed by atoms with van der Waals surface area (Å²) in [4.78, 5) is 11.8. The molecule has 0 spiro atoms. The maximum Gasteiger partial charge on any atom is 0.240 e. The number of benzene rings is 1. The minimum Gasteiger partial charge on any atom is -0.359 e. The summed E-state index contributed by atoms with van der Waals surface area (Å²) in [5, 5.41) is 2.52. The maximum atomic E-state index is 12.2. The van der Waals surface area contributed by atoms with Gasteiger partial charge in [0.1, 0.15) is 0 Å². The van der Waals surface area contributed by atoms with Crippen LogP contribution in [0.4, 0.5) is 0 Å². The quantitative estimate of drug-likeness (QED) is 0.743. The number of carbonyl (C=O) groups is 1. The summed E-state index contributed by atoms with van der Waals surface area (Å²) in [5.74, 6) is 0.271. The molecule has 0 heterocycles. The Morgan fingerprint density at radius 1 is 1.24 bits per heavy atom. The summed E-state index contributed by atoms with van der Waals surface area (Å²) in [5.41, 5.74) is 0.162. The fourth-order valence-corrected chi connectivity index (χ4v) is 3.15. The third kappa shape index (κ3) is 4.98. The minimum atomic E-state index is -3.63. The maximum absolute atomic E-state index is 12.2. The Morgan fingerprint density at radius 3 is 2.29 bits per heavy atom. The van der Waals surface area contributed by atoms with Gasteiger partial charge in [-0.3, -0.25) is 4.79 Å². The molecule has 5 nitrogen and oxygen atoms in total. The highest BCUT2D eigenvalue weighted by Gasteiger charge is 2.28. The lowest BCUT2D eigenvalue weighted by molar-refractivity contribution is -0.128. The van der Waals surface area contributed by atoms with Gasteiger partial charge in [-0.15, -0.1) is 11.6 Å². The lowest BCUT2D eigenvalue weighted by Gasteiger charge is -2.22. The second-order valence-electron chi connectivity index (χ2n) is 5.37. The molecular formula is C14H21ClN2O3S. The lowest BCUT2D eigenvalue weighted by Crippen LogP contribution is -2.43. The van der Waals surface area contributed by atoms with Crippen molar-refractivity contribution in [3.05, 3.63) is 29.8 Å². The van der Waals surface area contributed by atoms with Gasteiger partial charge in [0.25, 0.3) is 0 Å². The van der Waals surface area contributed by atoms with Crippen molar-refractivity contribution in [2.75, 3.05) is 19.5 Å². The average molecular weight is 333 g/mol. The van der Waals surface area contributed by atoms with Crippen LogP contribution in [0.3, 0.4) is 0 Å². The van der Waals surface area contributed by atoms with Crippen LogP contribution in [0.2, 0.25) is 0 Å². The Kier molecular flexibility index (Phi) is 6.19. The number of amides is 1. The van der Waals surface area contributed by atoms with E-state index in [2.05, 4.69) is 10.0 Å². The number of hydrogen-bond donors (Lipinski definition) is 2. The molecule has 1 rings (SSSR count). The highest BCUT2D eigenvalue weighted by molar-refractivity contribution is 7.89. The molecule has 0 aliphatic carbocycles. The van der Waals surface area contributed by atoms with E-state index >= 15 is 0 Å². The van der Waals surface area contributed by atoms with Gasteiger partial charge in [-0.05, 0) is 38.0 Å². The summed E-state index contributed by atoms with van der Waals surface area (Å²) in [6.45, 7) is 3.38. The van der Waals surface area contributed by atoms with E-state index in [0.29, 0.717) is 12.3 Å². The van der Waals surface area contributed by atoms with E-state index in [4.69, 9.17) is 11.6 Å². The van der Waals surface area contributed by atoms with E-state index in [1.54, 1.807) is 26.0 Å². The molecule has 1 aromatic carbocycles. The molecule has 0 unspecified atom stereocenters. The summed E-state index contributed by atoms with van der Waals surface area (Å²) in [6, 6.07) is 6.55. The number of hydrogen-bond acceptors (Lipinski definition) is 3. The van der Waals surface area contributed by atoms with Crippen molar-refractivity contribution in [3.8, 4) is 0 Å². The SMILES string of the molecule is CNC(=O)C(C)(C)CNS(=O)(=O)c1ccc(CCCl)cc1. The molecule has 0 atom stereocenters. The summed E-state index contributed by atoms with van der Waals surface area (Å²) >= 11 is 5.64. The van der Waals surface area contributed by atoms with E-state index in [-0.39, 0.29) is 17.3 Å². The van der Waals surface area contributed by atoms with Crippen LogP contribution >= 0.6 is 11.6 Å². The molecule has 0 fully saturated rings. The molecule has 118 valence electrons. The van der Waals surface area contributed by atoms with Crippen LogP contribution in [-0.4, -0.2) is 33.8 Å². The number of carbonyl (C=O) groups excluding carboxylic acids is 1. The Hall–Kier alpha value is -1.11. The van der Waals surface area contributed by atoms with E-state index in [9.17, 15) is 13.2 Å². The predicted octanol–water partition coefficient (Wildman–Crippen LogP) is 1.52. The van der Waals surface area contributed by atoms with Crippen molar-refractivity contribution in [3.63, 3.8) is 0 Å². The number of rotatable bonds is 7. The molecule has 0 bridgehead atoms. The van der Waals surface area contributed by atoms with Gasteiger partial charge in [0.05, 0.1) is 10.3 Å². The molecule has 0 saturated carbocycles. The molecule has 21 heavy (non-hydrogen) atoms. The monoisotopic (exact) mass is 332 g/mol.